The lowest BCUT2D eigenvalue weighted by molar-refractivity contribution is -0.137. The normalized spacial score (nSPS) is 11.2. The number of hydrogen-bond acceptors (Lipinski definition) is 4. The van der Waals surface area contributed by atoms with Gasteiger partial charge in [-0.25, -0.2) is 4.79 Å². The summed E-state index contributed by atoms with van der Waals surface area (Å²) in [5.41, 5.74) is -4.26. The summed E-state index contributed by atoms with van der Waals surface area (Å²) >= 11 is 0. The van der Waals surface area contributed by atoms with Crippen molar-refractivity contribution in [3.8, 4) is 11.8 Å². The average molecular weight is 310 g/mol. The lowest BCUT2D eigenvalue weighted by Crippen LogP contribution is -2.42. The predicted molar refractivity (Wildman–Crippen MR) is 69.5 cm³/mol. The zero-order valence-electron chi connectivity index (χ0n) is 11.3. The molecule has 0 amide bonds. The number of benzene rings is 1. The quantitative estimate of drug-likeness (QED) is 0.837. The van der Waals surface area contributed by atoms with Crippen molar-refractivity contribution in [1.82, 2.24) is 14.3 Å². The number of halogens is 3. The van der Waals surface area contributed by atoms with E-state index in [1.165, 1.54) is 25.1 Å². The Morgan fingerprint density at radius 3 is 2.45 bits per heavy atom. The van der Waals surface area contributed by atoms with E-state index in [0.717, 1.165) is 12.1 Å². The van der Waals surface area contributed by atoms with Crippen LogP contribution in [0.15, 0.2) is 33.9 Å². The Bertz CT molecular complexity index is 875. The second-order valence-corrected chi connectivity index (χ2v) is 4.22. The molecule has 0 aliphatic heterocycles. The van der Waals surface area contributed by atoms with Crippen LogP contribution in [-0.4, -0.2) is 14.3 Å². The topological polar surface area (TPSA) is 80.7 Å². The van der Waals surface area contributed by atoms with E-state index in [4.69, 9.17) is 5.26 Å². The maximum atomic E-state index is 13.0. The molecule has 0 radical (unpaired) electrons. The van der Waals surface area contributed by atoms with Crippen molar-refractivity contribution in [3.63, 3.8) is 0 Å². The Hall–Kier alpha value is -2.89. The zero-order valence-corrected chi connectivity index (χ0v) is 11.3. The van der Waals surface area contributed by atoms with Crippen LogP contribution in [0.2, 0.25) is 0 Å². The first kappa shape index (κ1) is 15.5. The van der Waals surface area contributed by atoms with Gasteiger partial charge in [-0.2, -0.15) is 23.1 Å². The summed E-state index contributed by atoms with van der Waals surface area (Å²) in [6.07, 6.45) is -4.71. The lowest BCUT2D eigenvalue weighted by Gasteiger charge is -2.14. The summed E-state index contributed by atoms with van der Waals surface area (Å²) in [5.74, 6) is 0. The number of para-hydroxylation sites is 1. The van der Waals surface area contributed by atoms with Crippen molar-refractivity contribution in [3.05, 3.63) is 56.4 Å². The van der Waals surface area contributed by atoms with Gasteiger partial charge < -0.3 is 0 Å². The smallest absolute Gasteiger partial charge is 0.266 e. The molecule has 9 heteroatoms. The van der Waals surface area contributed by atoms with Gasteiger partial charge in [0.15, 0.2) is 0 Å². The number of aromatic nitrogens is 3. The van der Waals surface area contributed by atoms with Gasteiger partial charge in [-0.05, 0) is 19.1 Å². The van der Waals surface area contributed by atoms with Crippen LogP contribution in [0.4, 0.5) is 13.2 Å². The molecule has 1 aromatic heterocycles. The van der Waals surface area contributed by atoms with Crippen LogP contribution in [0.5, 0.6) is 0 Å². The van der Waals surface area contributed by atoms with Crippen LogP contribution in [0.25, 0.3) is 5.69 Å². The van der Waals surface area contributed by atoms with Crippen LogP contribution in [0.1, 0.15) is 18.2 Å². The van der Waals surface area contributed by atoms with E-state index in [-0.39, 0.29) is 6.54 Å². The van der Waals surface area contributed by atoms with Gasteiger partial charge in [-0.3, -0.25) is 9.36 Å². The van der Waals surface area contributed by atoms with Crippen molar-refractivity contribution >= 4 is 0 Å². The van der Waals surface area contributed by atoms with Gasteiger partial charge in [-0.1, -0.05) is 12.1 Å². The highest BCUT2D eigenvalue weighted by Crippen LogP contribution is 2.32. The molecule has 0 N–H and O–H groups in total. The summed E-state index contributed by atoms with van der Waals surface area (Å²) in [7, 11) is 0. The number of nitriles is 1. The average Bonchev–Trinajstić information content (AvgIpc) is 2.47. The summed E-state index contributed by atoms with van der Waals surface area (Å²) < 4.78 is 40.2. The van der Waals surface area contributed by atoms with E-state index in [0.29, 0.717) is 9.25 Å². The number of alkyl halides is 3. The minimum Gasteiger partial charge on any atom is -0.266 e. The standard InChI is InChI=1S/C13H9F3N4O2/c1-2-19-11(21)9(7-17)18-20(12(19)22)10-6-4-3-5-8(10)13(14,15)16/h3-6H,2H2,1H3. The number of nitrogens with zero attached hydrogens (tertiary/aromatic N) is 4. The Labute approximate surface area is 121 Å². The zero-order chi connectivity index (χ0) is 16.5. The van der Waals surface area contributed by atoms with Gasteiger partial charge >= 0.3 is 11.9 Å². The summed E-state index contributed by atoms with van der Waals surface area (Å²) in [6, 6.07) is 5.78. The predicted octanol–water partition coefficient (Wildman–Crippen LogP) is 1.30. The van der Waals surface area contributed by atoms with E-state index in [1.54, 1.807) is 0 Å². The highest BCUT2D eigenvalue weighted by Gasteiger charge is 2.34. The monoisotopic (exact) mass is 310 g/mol. The second kappa shape index (κ2) is 5.48. The first-order valence-electron chi connectivity index (χ1n) is 6.12. The van der Waals surface area contributed by atoms with Crippen LogP contribution >= 0.6 is 0 Å². The first-order chi connectivity index (χ1) is 10.3. The highest BCUT2D eigenvalue weighted by molar-refractivity contribution is 5.42. The first-order valence-corrected chi connectivity index (χ1v) is 6.12. The van der Waals surface area contributed by atoms with Crippen LogP contribution in [0, 0.1) is 11.3 Å². The van der Waals surface area contributed by atoms with Crippen molar-refractivity contribution < 1.29 is 13.2 Å². The Kier molecular flexibility index (Phi) is 3.86. The number of rotatable bonds is 2. The molecule has 0 fully saturated rings. The lowest BCUT2D eigenvalue weighted by atomic mass is 10.1. The van der Waals surface area contributed by atoms with Gasteiger partial charge in [0, 0.05) is 6.54 Å². The van der Waals surface area contributed by atoms with Crippen molar-refractivity contribution in [2.75, 3.05) is 0 Å². The van der Waals surface area contributed by atoms with E-state index in [2.05, 4.69) is 5.10 Å². The molecule has 2 rings (SSSR count). The van der Waals surface area contributed by atoms with E-state index in [9.17, 15) is 22.8 Å². The summed E-state index contributed by atoms with van der Waals surface area (Å²) in [4.78, 5) is 23.9. The van der Waals surface area contributed by atoms with E-state index < -0.39 is 34.4 Å². The van der Waals surface area contributed by atoms with Gasteiger partial charge in [0.05, 0.1) is 11.3 Å². The molecule has 0 spiro atoms. The van der Waals surface area contributed by atoms with Gasteiger partial charge in [0.25, 0.3) is 5.56 Å². The second-order valence-electron chi connectivity index (χ2n) is 4.22. The fourth-order valence-corrected chi connectivity index (χ4v) is 1.92. The van der Waals surface area contributed by atoms with E-state index in [1.807, 2.05) is 0 Å². The Balaban J connectivity index is 2.89. The van der Waals surface area contributed by atoms with Crippen LogP contribution in [0.3, 0.4) is 0 Å². The largest absolute Gasteiger partial charge is 0.418 e. The fourth-order valence-electron chi connectivity index (χ4n) is 1.92. The van der Waals surface area contributed by atoms with Crippen LogP contribution < -0.4 is 11.2 Å². The molecular weight excluding hydrogens is 301 g/mol. The fraction of sp³-hybridized carbons (Fsp3) is 0.231. The van der Waals surface area contributed by atoms with E-state index >= 15 is 0 Å². The van der Waals surface area contributed by atoms with Gasteiger partial charge in [-0.15, -0.1) is 5.10 Å². The molecule has 22 heavy (non-hydrogen) atoms. The van der Waals surface area contributed by atoms with Crippen molar-refractivity contribution in [1.29, 1.82) is 5.26 Å². The van der Waals surface area contributed by atoms with Crippen LogP contribution in [-0.2, 0) is 12.7 Å². The minimum absolute atomic E-state index is 0.0942. The molecule has 0 bridgehead atoms. The molecule has 0 saturated carbocycles. The summed E-state index contributed by atoms with van der Waals surface area (Å²) in [5, 5.41) is 12.3. The van der Waals surface area contributed by atoms with Crippen molar-refractivity contribution in [2.24, 2.45) is 0 Å². The Morgan fingerprint density at radius 1 is 1.27 bits per heavy atom. The molecule has 6 nitrogen and oxygen atoms in total. The number of hydrogen-bond donors (Lipinski definition) is 0. The molecule has 114 valence electrons. The third-order valence-corrected chi connectivity index (χ3v) is 2.92. The molecule has 0 aliphatic rings. The van der Waals surface area contributed by atoms with Gasteiger partial charge in [0.2, 0.25) is 5.69 Å². The molecule has 0 unspecified atom stereocenters. The molecule has 1 heterocycles. The maximum Gasteiger partial charge on any atom is 0.418 e. The maximum absolute atomic E-state index is 13.0. The van der Waals surface area contributed by atoms with Gasteiger partial charge in [0.1, 0.15) is 6.07 Å². The molecule has 0 aliphatic carbocycles. The SMILES string of the molecule is CCn1c(=O)c(C#N)nn(-c2ccccc2C(F)(F)F)c1=O. The molecule has 1 aromatic carbocycles. The minimum atomic E-state index is -4.71. The highest BCUT2D eigenvalue weighted by atomic mass is 19.4. The summed E-state index contributed by atoms with van der Waals surface area (Å²) in [6.45, 7) is 1.37. The Morgan fingerprint density at radius 2 is 1.91 bits per heavy atom. The molecule has 0 atom stereocenters. The molecule has 0 saturated heterocycles. The van der Waals surface area contributed by atoms with Crippen molar-refractivity contribution in [2.45, 2.75) is 19.6 Å². The third kappa shape index (κ3) is 2.50. The third-order valence-electron chi connectivity index (χ3n) is 2.92. The molecular formula is C13H9F3N4O2. The molecule has 2 aromatic rings.